The second-order valence-electron chi connectivity index (χ2n) is 4.35. The van der Waals surface area contributed by atoms with Gasteiger partial charge in [0.1, 0.15) is 23.7 Å². The van der Waals surface area contributed by atoms with E-state index in [0.29, 0.717) is 12.4 Å². The molecule has 102 valence electrons. The number of nitrogens with two attached hydrogens (primary N) is 1. The SMILES string of the molecule is CCCc1c(NN)ncnc1N(C)Cc1ccco1. The summed E-state index contributed by atoms with van der Waals surface area (Å²) >= 11 is 0. The number of hydrogen-bond donors (Lipinski definition) is 2. The number of aromatic nitrogens is 2. The van der Waals surface area contributed by atoms with Crippen LogP contribution < -0.4 is 16.2 Å². The summed E-state index contributed by atoms with van der Waals surface area (Å²) in [5, 5.41) is 0. The maximum Gasteiger partial charge on any atom is 0.148 e. The van der Waals surface area contributed by atoms with Gasteiger partial charge in [-0.15, -0.1) is 0 Å². The first-order valence-corrected chi connectivity index (χ1v) is 6.30. The van der Waals surface area contributed by atoms with Crippen LogP contribution in [0.15, 0.2) is 29.1 Å². The van der Waals surface area contributed by atoms with Crippen molar-refractivity contribution in [3.8, 4) is 0 Å². The number of nitrogens with one attached hydrogen (secondary N) is 1. The topological polar surface area (TPSA) is 80.2 Å². The molecule has 0 bridgehead atoms. The molecule has 0 aliphatic heterocycles. The first-order chi connectivity index (χ1) is 9.26. The quantitative estimate of drug-likeness (QED) is 0.611. The van der Waals surface area contributed by atoms with Crippen molar-refractivity contribution in [2.75, 3.05) is 17.4 Å². The molecule has 2 rings (SSSR count). The fraction of sp³-hybridized carbons (Fsp3) is 0.385. The Morgan fingerprint density at radius 3 is 2.89 bits per heavy atom. The van der Waals surface area contributed by atoms with Gasteiger partial charge in [-0.3, -0.25) is 0 Å². The van der Waals surface area contributed by atoms with Gasteiger partial charge in [0, 0.05) is 12.6 Å². The molecule has 3 N–H and O–H groups in total. The van der Waals surface area contributed by atoms with Crippen LogP contribution in [-0.4, -0.2) is 17.0 Å². The molecule has 0 aromatic carbocycles. The lowest BCUT2D eigenvalue weighted by Gasteiger charge is -2.21. The molecular formula is C13H19N5O. The van der Waals surface area contributed by atoms with Crippen molar-refractivity contribution in [1.29, 1.82) is 0 Å². The lowest BCUT2D eigenvalue weighted by molar-refractivity contribution is 0.506. The first kappa shape index (κ1) is 13.4. The summed E-state index contributed by atoms with van der Waals surface area (Å²) in [6.45, 7) is 2.77. The van der Waals surface area contributed by atoms with Crippen LogP contribution in [-0.2, 0) is 13.0 Å². The van der Waals surface area contributed by atoms with Crippen molar-refractivity contribution < 1.29 is 4.42 Å². The Morgan fingerprint density at radius 1 is 1.42 bits per heavy atom. The first-order valence-electron chi connectivity index (χ1n) is 6.30. The number of hydrazine groups is 1. The van der Waals surface area contributed by atoms with Gasteiger partial charge in [-0.05, 0) is 18.6 Å². The van der Waals surface area contributed by atoms with Crippen LogP contribution >= 0.6 is 0 Å². The zero-order valence-corrected chi connectivity index (χ0v) is 11.3. The zero-order chi connectivity index (χ0) is 13.7. The third-order valence-corrected chi connectivity index (χ3v) is 2.89. The van der Waals surface area contributed by atoms with Crippen LogP contribution in [0.25, 0.3) is 0 Å². The predicted octanol–water partition coefficient (Wildman–Crippen LogP) is 1.94. The normalized spacial score (nSPS) is 10.5. The standard InChI is InChI=1S/C13H19N5O/c1-3-5-11-12(17-14)15-9-16-13(11)18(2)8-10-6-4-7-19-10/h4,6-7,9H,3,5,8,14H2,1-2H3,(H,15,16,17). The second kappa shape index (κ2) is 6.19. The molecule has 0 saturated heterocycles. The highest BCUT2D eigenvalue weighted by molar-refractivity contribution is 5.58. The minimum absolute atomic E-state index is 0.657. The van der Waals surface area contributed by atoms with Gasteiger partial charge in [-0.1, -0.05) is 13.3 Å². The number of rotatable bonds is 6. The average molecular weight is 261 g/mol. The van der Waals surface area contributed by atoms with Gasteiger partial charge in [0.25, 0.3) is 0 Å². The molecule has 0 fully saturated rings. The van der Waals surface area contributed by atoms with Crippen molar-refractivity contribution in [3.63, 3.8) is 0 Å². The van der Waals surface area contributed by atoms with E-state index < -0.39 is 0 Å². The molecule has 19 heavy (non-hydrogen) atoms. The van der Waals surface area contributed by atoms with Crippen LogP contribution in [0.2, 0.25) is 0 Å². The van der Waals surface area contributed by atoms with E-state index in [2.05, 4.69) is 22.3 Å². The average Bonchev–Trinajstić information content (AvgIpc) is 2.92. The zero-order valence-electron chi connectivity index (χ0n) is 11.3. The molecule has 0 aliphatic rings. The summed E-state index contributed by atoms with van der Waals surface area (Å²) in [6, 6.07) is 3.82. The summed E-state index contributed by atoms with van der Waals surface area (Å²) in [5.41, 5.74) is 3.66. The van der Waals surface area contributed by atoms with E-state index in [1.807, 2.05) is 24.1 Å². The van der Waals surface area contributed by atoms with E-state index in [1.54, 1.807) is 6.26 Å². The number of hydrogen-bond acceptors (Lipinski definition) is 6. The van der Waals surface area contributed by atoms with E-state index in [9.17, 15) is 0 Å². The van der Waals surface area contributed by atoms with Gasteiger partial charge in [0.2, 0.25) is 0 Å². The molecule has 6 heteroatoms. The fourth-order valence-electron chi connectivity index (χ4n) is 2.05. The van der Waals surface area contributed by atoms with Gasteiger partial charge in [0.05, 0.1) is 12.8 Å². The minimum atomic E-state index is 0.657. The van der Waals surface area contributed by atoms with Crippen molar-refractivity contribution in [2.45, 2.75) is 26.3 Å². The predicted molar refractivity (Wildman–Crippen MR) is 74.7 cm³/mol. The molecule has 2 aromatic rings. The Labute approximate surface area is 112 Å². The highest BCUT2D eigenvalue weighted by Crippen LogP contribution is 2.24. The number of anilines is 2. The summed E-state index contributed by atoms with van der Waals surface area (Å²) in [7, 11) is 1.98. The molecule has 0 spiro atoms. The Kier molecular flexibility index (Phi) is 4.35. The molecule has 0 atom stereocenters. The third kappa shape index (κ3) is 3.03. The molecular weight excluding hydrogens is 242 g/mol. The maximum absolute atomic E-state index is 5.51. The van der Waals surface area contributed by atoms with E-state index in [-0.39, 0.29) is 0 Å². The summed E-state index contributed by atoms with van der Waals surface area (Å²) in [5.74, 6) is 7.96. The van der Waals surface area contributed by atoms with Crippen LogP contribution in [0, 0.1) is 0 Å². The summed E-state index contributed by atoms with van der Waals surface area (Å²) < 4.78 is 5.36. The van der Waals surface area contributed by atoms with Crippen molar-refractivity contribution in [2.24, 2.45) is 5.84 Å². The van der Waals surface area contributed by atoms with Gasteiger partial charge in [0.15, 0.2) is 0 Å². The van der Waals surface area contributed by atoms with Crippen LogP contribution in [0.4, 0.5) is 11.6 Å². The fourth-order valence-corrected chi connectivity index (χ4v) is 2.05. The maximum atomic E-state index is 5.51. The van der Waals surface area contributed by atoms with E-state index in [4.69, 9.17) is 10.3 Å². The van der Waals surface area contributed by atoms with E-state index >= 15 is 0 Å². The van der Waals surface area contributed by atoms with Gasteiger partial charge < -0.3 is 14.7 Å². The van der Waals surface area contributed by atoms with E-state index in [1.165, 1.54) is 6.33 Å². The molecule has 2 heterocycles. The number of nitrogen functional groups attached to an aromatic ring is 1. The molecule has 0 unspecified atom stereocenters. The van der Waals surface area contributed by atoms with Crippen molar-refractivity contribution in [3.05, 3.63) is 36.0 Å². The highest BCUT2D eigenvalue weighted by atomic mass is 16.3. The second-order valence-corrected chi connectivity index (χ2v) is 4.35. The molecule has 6 nitrogen and oxygen atoms in total. The number of furan rings is 1. The van der Waals surface area contributed by atoms with Crippen molar-refractivity contribution >= 4 is 11.6 Å². The molecule has 2 aromatic heterocycles. The highest BCUT2D eigenvalue weighted by Gasteiger charge is 2.14. The Bertz CT molecular complexity index is 512. The van der Waals surface area contributed by atoms with Gasteiger partial charge in [-0.2, -0.15) is 0 Å². The lowest BCUT2D eigenvalue weighted by atomic mass is 10.1. The summed E-state index contributed by atoms with van der Waals surface area (Å²) in [4.78, 5) is 10.6. The molecule has 0 amide bonds. The van der Waals surface area contributed by atoms with Crippen LogP contribution in [0.1, 0.15) is 24.7 Å². The van der Waals surface area contributed by atoms with Gasteiger partial charge >= 0.3 is 0 Å². The Hall–Kier alpha value is -2.08. The molecule has 0 saturated carbocycles. The minimum Gasteiger partial charge on any atom is -0.467 e. The van der Waals surface area contributed by atoms with Crippen LogP contribution in [0.5, 0.6) is 0 Å². The van der Waals surface area contributed by atoms with Crippen LogP contribution in [0.3, 0.4) is 0 Å². The van der Waals surface area contributed by atoms with E-state index in [0.717, 1.165) is 30.0 Å². The lowest BCUT2D eigenvalue weighted by Crippen LogP contribution is -2.21. The number of nitrogens with zero attached hydrogens (tertiary/aromatic N) is 3. The Morgan fingerprint density at radius 2 is 2.26 bits per heavy atom. The molecule has 0 radical (unpaired) electrons. The molecule has 0 aliphatic carbocycles. The third-order valence-electron chi connectivity index (χ3n) is 2.89. The largest absolute Gasteiger partial charge is 0.467 e. The summed E-state index contributed by atoms with van der Waals surface area (Å²) in [6.07, 6.45) is 5.06. The Balaban J connectivity index is 2.27. The van der Waals surface area contributed by atoms with Gasteiger partial charge in [-0.25, -0.2) is 15.8 Å². The van der Waals surface area contributed by atoms with Crippen molar-refractivity contribution in [1.82, 2.24) is 9.97 Å². The smallest absolute Gasteiger partial charge is 0.148 e. The monoisotopic (exact) mass is 261 g/mol.